The molecule has 4 rings (SSSR count). The van der Waals surface area contributed by atoms with Gasteiger partial charge in [-0.15, -0.1) is 0 Å². The summed E-state index contributed by atoms with van der Waals surface area (Å²) in [5, 5.41) is 10.8. The molecule has 1 aliphatic rings. The van der Waals surface area contributed by atoms with Gasteiger partial charge in [0.2, 0.25) is 11.2 Å². The average Bonchev–Trinajstić information content (AvgIpc) is 2.78. The van der Waals surface area contributed by atoms with E-state index in [0.29, 0.717) is 46.9 Å². The third-order valence-electron chi connectivity index (χ3n) is 5.87. The van der Waals surface area contributed by atoms with E-state index in [0.717, 1.165) is 19.5 Å². The minimum Gasteiger partial charge on any atom is -0.507 e. The van der Waals surface area contributed by atoms with Crippen LogP contribution >= 0.6 is 0 Å². The number of likely N-dealkylation sites (tertiary alicyclic amines) is 1. The third kappa shape index (κ3) is 4.62. The molecule has 1 aromatic heterocycles. The number of hydrogen-bond donors (Lipinski definition) is 2. The van der Waals surface area contributed by atoms with Crippen LogP contribution in [-0.2, 0) is 11.3 Å². The van der Waals surface area contributed by atoms with Gasteiger partial charge in [0, 0.05) is 5.92 Å². The third-order valence-corrected chi connectivity index (χ3v) is 5.87. The second-order valence-electron chi connectivity index (χ2n) is 8.34. The molecule has 32 heavy (non-hydrogen) atoms. The number of esters is 1. The van der Waals surface area contributed by atoms with Crippen molar-refractivity contribution in [1.29, 1.82) is 0 Å². The summed E-state index contributed by atoms with van der Waals surface area (Å²) in [6, 6.07) is 9.45. The summed E-state index contributed by atoms with van der Waals surface area (Å²) in [4.78, 5) is 26.2. The number of hydrogen-bond acceptors (Lipinski definition) is 6. The van der Waals surface area contributed by atoms with Crippen molar-refractivity contribution in [1.82, 2.24) is 0 Å². The molecule has 2 aromatic carbocycles. The summed E-state index contributed by atoms with van der Waals surface area (Å²) in [5.74, 6) is 0.793. The number of piperidine rings is 1. The summed E-state index contributed by atoms with van der Waals surface area (Å²) in [5.41, 5.74) is 1.13. The predicted molar refractivity (Wildman–Crippen MR) is 119 cm³/mol. The Bertz CT molecular complexity index is 1170. The van der Waals surface area contributed by atoms with E-state index in [-0.39, 0.29) is 16.9 Å². The molecular weight excluding hydrogens is 410 g/mol. The van der Waals surface area contributed by atoms with Gasteiger partial charge >= 0.3 is 5.97 Å². The summed E-state index contributed by atoms with van der Waals surface area (Å²) in [7, 11) is 0. The zero-order valence-electron chi connectivity index (χ0n) is 18.3. The van der Waals surface area contributed by atoms with Crippen LogP contribution in [0.15, 0.2) is 51.9 Å². The number of nitrogens with one attached hydrogen (secondary N) is 1. The fourth-order valence-electron chi connectivity index (χ4n) is 4.28. The van der Waals surface area contributed by atoms with Crippen molar-refractivity contribution in [2.75, 3.05) is 19.7 Å². The highest BCUT2D eigenvalue weighted by molar-refractivity contribution is 5.89. The van der Waals surface area contributed by atoms with E-state index < -0.39 is 5.97 Å². The molecule has 0 bridgehead atoms. The summed E-state index contributed by atoms with van der Waals surface area (Å²) < 4.78 is 16.5. The molecule has 0 aliphatic carbocycles. The average molecular weight is 439 g/mol. The lowest BCUT2D eigenvalue weighted by molar-refractivity contribution is -0.922. The van der Waals surface area contributed by atoms with E-state index in [4.69, 9.17) is 13.9 Å². The molecule has 2 heterocycles. The van der Waals surface area contributed by atoms with Crippen LogP contribution in [0.25, 0.3) is 11.0 Å². The Kier molecular flexibility index (Phi) is 6.46. The van der Waals surface area contributed by atoms with Crippen LogP contribution < -0.4 is 15.1 Å². The van der Waals surface area contributed by atoms with Crippen LogP contribution in [0.5, 0.6) is 17.2 Å². The SMILES string of the molecule is CCOC(=O)c1ccc(Oc2coc3c(C[NH+]4CCC[C@H](C)C4)c(O)ccc3c2=O)cc1. The lowest BCUT2D eigenvalue weighted by Gasteiger charge is -2.28. The maximum Gasteiger partial charge on any atom is 0.338 e. The molecule has 0 spiro atoms. The molecule has 168 valence electrons. The van der Waals surface area contributed by atoms with Crippen LogP contribution in [0.1, 0.15) is 42.6 Å². The zero-order chi connectivity index (χ0) is 22.7. The Hall–Kier alpha value is -3.32. The predicted octanol–water partition coefficient (Wildman–Crippen LogP) is 3.28. The second-order valence-corrected chi connectivity index (χ2v) is 8.34. The molecule has 0 amide bonds. The molecule has 2 atom stereocenters. The molecule has 1 fully saturated rings. The molecule has 2 N–H and O–H groups in total. The number of quaternary nitrogens is 1. The van der Waals surface area contributed by atoms with Gasteiger partial charge in [-0.3, -0.25) is 4.79 Å². The molecule has 7 heteroatoms. The first-order chi connectivity index (χ1) is 15.5. The van der Waals surface area contributed by atoms with Crippen molar-refractivity contribution < 1.29 is 28.7 Å². The van der Waals surface area contributed by atoms with Crippen molar-refractivity contribution in [3.63, 3.8) is 0 Å². The molecule has 0 radical (unpaired) electrons. The van der Waals surface area contributed by atoms with E-state index in [9.17, 15) is 14.7 Å². The molecule has 1 saturated heterocycles. The highest BCUT2D eigenvalue weighted by Gasteiger charge is 2.24. The Morgan fingerprint density at radius 2 is 2.00 bits per heavy atom. The van der Waals surface area contributed by atoms with Gasteiger partial charge in [-0.05, 0) is 56.2 Å². The Labute approximate surface area is 186 Å². The van der Waals surface area contributed by atoms with E-state index >= 15 is 0 Å². The molecule has 0 saturated carbocycles. The lowest BCUT2D eigenvalue weighted by atomic mass is 9.99. The smallest absolute Gasteiger partial charge is 0.338 e. The minimum absolute atomic E-state index is 0.0389. The summed E-state index contributed by atoms with van der Waals surface area (Å²) in [6.45, 7) is 6.95. The van der Waals surface area contributed by atoms with Gasteiger partial charge in [0.1, 0.15) is 24.3 Å². The van der Waals surface area contributed by atoms with Crippen molar-refractivity contribution in [3.8, 4) is 17.2 Å². The summed E-state index contributed by atoms with van der Waals surface area (Å²) >= 11 is 0. The first-order valence-corrected chi connectivity index (χ1v) is 11.0. The molecule has 1 unspecified atom stereocenters. The Morgan fingerprint density at radius 3 is 2.72 bits per heavy atom. The van der Waals surface area contributed by atoms with Gasteiger partial charge in [-0.25, -0.2) is 4.79 Å². The highest BCUT2D eigenvalue weighted by atomic mass is 16.5. The standard InChI is InChI=1S/C25H27NO6/c1-3-30-25(29)17-6-8-18(9-7-17)32-22-15-31-24-19(23(22)28)10-11-21(27)20(24)14-26-12-4-5-16(2)13-26/h6-11,15-16,27H,3-5,12-14H2,1-2H3/p+1/t16-/m0/s1. The lowest BCUT2D eigenvalue weighted by Crippen LogP contribution is -3.12. The fourth-order valence-corrected chi connectivity index (χ4v) is 4.28. The van der Waals surface area contributed by atoms with Crippen molar-refractivity contribution >= 4 is 16.9 Å². The maximum atomic E-state index is 13.1. The van der Waals surface area contributed by atoms with Crippen LogP contribution in [0.4, 0.5) is 0 Å². The van der Waals surface area contributed by atoms with E-state index in [2.05, 4.69) is 6.92 Å². The van der Waals surface area contributed by atoms with Crippen LogP contribution in [0.3, 0.4) is 0 Å². The van der Waals surface area contributed by atoms with Crippen LogP contribution in [-0.4, -0.2) is 30.8 Å². The quantitative estimate of drug-likeness (QED) is 0.574. The number of rotatable bonds is 6. The Balaban J connectivity index is 1.59. The van der Waals surface area contributed by atoms with Crippen molar-refractivity contribution in [3.05, 3.63) is 64.0 Å². The van der Waals surface area contributed by atoms with Gasteiger partial charge in [-0.1, -0.05) is 6.92 Å². The topological polar surface area (TPSA) is 90.4 Å². The van der Waals surface area contributed by atoms with Crippen molar-refractivity contribution in [2.45, 2.75) is 33.2 Å². The first-order valence-electron chi connectivity index (χ1n) is 11.0. The Morgan fingerprint density at radius 1 is 1.22 bits per heavy atom. The number of benzene rings is 2. The normalized spacial score (nSPS) is 18.4. The van der Waals surface area contributed by atoms with Gasteiger partial charge in [0.05, 0.1) is 36.2 Å². The number of ether oxygens (including phenoxy) is 2. The molecule has 1 aliphatic heterocycles. The largest absolute Gasteiger partial charge is 0.507 e. The zero-order valence-corrected chi connectivity index (χ0v) is 18.3. The molecule has 7 nitrogen and oxygen atoms in total. The van der Waals surface area contributed by atoms with E-state index in [1.54, 1.807) is 43.3 Å². The number of carbonyl (C=O) groups is 1. The van der Waals surface area contributed by atoms with Gasteiger partial charge in [-0.2, -0.15) is 0 Å². The number of phenolic OH excluding ortho intramolecular Hbond substituents is 1. The number of fused-ring (bicyclic) bond motifs is 1. The second kappa shape index (κ2) is 9.44. The van der Waals surface area contributed by atoms with Crippen LogP contribution in [0.2, 0.25) is 0 Å². The van der Waals surface area contributed by atoms with Crippen LogP contribution in [0, 0.1) is 5.92 Å². The maximum absolute atomic E-state index is 13.1. The number of aromatic hydroxyl groups is 1. The van der Waals surface area contributed by atoms with Gasteiger partial charge in [0.15, 0.2) is 5.58 Å². The van der Waals surface area contributed by atoms with Gasteiger partial charge < -0.3 is 23.9 Å². The van der Waals surface area contributed by atoms with E-state index in [1.165, 1.54) is 17.6 Å². The fraction of sp³-hybridized carbons (Fsp3) is 0.360. The molecule has 3 aromatic rings. The van der Waals surface area contributed by atoms with Gasteiger partial charge in [0.25, 0.3) is 0 Å². The minimum atomic E-state index is -0.415. The monoisotopic (exact) mass is 438 g/mol. The highest BCUT2D eigenvalue weighted by Crippen LogP contribution is 2.28. The number of phenols is 1. The molecular formula is C25H28NO6+. The number of carbonyl (C=O) groups excluding carboxylic acids is 1. The van der Waals surface area contributed by atoms with E-state index in [1.807, 2.05) is 0 Å². The summed E-state index contributed by atoms with van der Waals surface area (Å²) in [6.07, 6.45) is 3.65. The first kappa shape index (κ1) is 21.9. The van der Waals surface area contributed by atoms with Crippen molar-refractivity contribution in [2.24, 2.45) is 5.92 Å².